The van der Waals surface area contributed by atoms with Crippen LogP contribution in [0.4, 0.5) is 5.69 Å². The number of aromatic nitrogens is 2. The summed E-state index contributed by atoms with van der Waals surface area (Å²) in [6.07, 6.45) is 1.62. The lowest BCUT2D eigenvalue weighted by molar-refractivity contribution is 0.0751. The molecule has 8 heteroatoms. The summed E-state index contributed by atoms with van der Waals surface area (Å²) in [5, 5.41) is 6.37. The van der Waals surface area contributed by atoms with E-state index in [-0.39, 0.29) is 16.5 Å². The molecular weight excluding hydrogens is 396 g/mol. The first-order valence-corrected chi connectivity index (χ1v) is 10.2. The summed E-state index contributed by atoms with van der Waals surface area (Å²) in [5.41, 5.74) is 1.94. The maximum Gasteiger partial charge on any atom is 0.292 e. The topological polar surface area (TPSA) is 58.4 Å². The van der Waals surface area contributed by atoms with Crippen LogP contribution in [0.25, 0.3) is 5.69 Å². The number of halogens is 1. The van der Waals surface area contributed by atoms with Crippen LogP contribution in [0.1, 0.15) is 15.2 Å². The van der Waals surface area contributed by atoms with E-state index in [4.69, 9.17) is 11.6 Å². The lowest BCUT2D eigenvalue weighted by atomic mass is 10.2. The average molecular weight is 415 g/mol. The highest BCUT2D eigenvalue weighted by molar-refractivity contribution is 7.12. The Hall–Kier alpha value is -2.64. The Morgan fingerprint density at radius 2 is 1.82 bits per heavy atom. The van der Waals surface area contributed by atoms with Crippen LogP contribution in [0.5, 0.6) is 0 Å². The molecule has 0 spiro atoms. The second-order valence-corrected chi connectivity index (χ2v) is 7.90. The zero-order chi connectivity index (χ0) is 19.7. The number of hydrogen-bond donors (Lipinski definition) is 0. The molecule has 0 radical (unpaired) electrons. The van der Waals surface area contributed by atoms with E-state index in [1.54, 1.807) is 18.3 Å². The molecule has 6 nitrogen and oxygen atoms in total. The fourth-order valence-corrected chi connectivity index (χ4v) is 4.42. The normalized spacial score (nSPS) is 14.4. The van der Waals surface area contributed by atoms with Gasteiger partial charge in [-0.3, -0.25) is 9.59 Å². The summed E-state index contributed by atoms with van der Waals surface area (Å²) in [5.74, 6) is 0.0656. The van der Waals surface area contributed by atoms with Crippen molar-refractivity contribution in [2.24, 2.45) is 0 Å². The molecule has 3 aromatic rings. The smallest absolute Gasteiger partial charge is 0.292 e. The first-order valence-electron chi connectivity index (χ1n) is 8.98. The Morgan fingerprint density at radius 3 is 2.46 bits per heavy atom. The van der Waals surface area contributed by atoms with Crippen molar-refractivity contribution in [2.45, 2.75) is 6.92 Å². The summed E-state index contributed by atoms with van der Waals surface area (Å²) in [4.78, 5) is 30.0. The molecule has 1 fully saturated rings. The molecule has 0 saturated carbocycles. The third-order valence-corrected chi connectivity index (χ3v) is 6.22. The van der Waals surface area contributed by atoms with E-state index in [0.717, 1.165) is 10.4 Å². The number of benzene rings is 1. The second kappa shape index (κ2) is 7.77. The molecule has 0 unspecified atom stereocenters. The Balaban J connectivity index is 1.51. The third kappa shape index (κ3) is 3.43. The zero-order valence-corrected chi connectivity index (χ0v) is 16.9. The third-order valence-electron chi connectivity index (χ3n) is 4.87. The first-order chi connectivity index (χ1) is 13.6. The van der Waals surface area contributed by atoms with Gasteiger partial charge in [0.15, 0.2) is 0 Å². The van der Waals surface area contributed by atoms with Crippen LogP contribution >= 0.6 is 22.9 Å². The molecule has 1 saturated heterocycles. The monoisotopic (exact) mass is 414 g/mol. The molecule has 0 atom stereocenters. The average Bonchev–Trinajstić information content (AvgIpc) is 3.16. The minimum atomic E-state index is -0.349. The molecule has 1 amide bonds. The Bertz CT molecular complexity index is 1060. The molecule has 144 valence electrons. The van der Waals surface area contributed by atoms with Crippen LogP contribution < -0.4 is 10.5 Å². The molecule has 2 aromatic heterocycles. The minimum absolute atomic E-state index is 0.0656. The van der Waals surface area contributed by atoms with Crippen LogP contribution in [0, 0.1) is 6.92 Å². The van der Waals surface area contributed by atoms with E-state index in [2.05, 4.69) is 5.10 Å². The van der Waals surface area contributed by atoms with Crippen LogP contribution in [0.3, 0.4) is 0 Å². The quantitative estimate of drug-likeness (QED) is 0.660. The molecule has 1 aromatic carbocycles. The highest BCUT2D eigenvalue weighted by atomic mass is 35.5. The molecule has 1 aliphatic heterocycles. The summed E-state index contributed by atoms with van der Waals surface area (Å²) >= 11 is 7.86. The minimum Gasteiger partial charge on any atom is -0.365 e. The standard InChI is InChI=1S/C20H19ClN4O2S/c1-14-7-12-28-18(14)20(27)24-10-8-23(9-11-24)16-13-22-25(19(26)17(16)21)15-5-3-2-4-6-15/h2-7,12-13H,8-11H2,1H3. The Labute approximate surface area is 171 Å². The molecule has 1 aliphatic rings. The molecule has 0 N–H and O–H groups in total. The van der Waals surface area contributed by atoms with Crippen molar-refractivity contribution in [2.75, 3.05) is 31.1 Å². The van der Waals surface area contributed by atoms with Gasteiger partial charge in [0, 0.05) is 26.2 Å². The lowest BCUT2D eigenvalue weighted by Gasteiger charge is -2.36. The molecular formula is C20H19ClN4O2S. The summed E-state index contributed by atoms with van der Waals surface area (Å²) in [6.45, 7) is 4.31. The van der Waals surface area contributed by atoms with Crippen LogP contribution in [-0.4, -0.2) is 46.8 Å². The number of hydrogen-bond acceptors (Lipinski definition) is 5. The fraction of sp³-hybridized carbons (Fsp3) is 0.250. The van der Waals surface area contributed by atoms with Gasteiger partial charge in [0.05, 0.1) is 22.4 Å². The van der Waals surface area contributed by atoms with Crippen molar-refractivity contribution in [3.05, 3.63) is 73.8 Å². The molecule has 28 heavy (non-hydrogen) atoms. The number of rotatable bonds is 3. The molecule has 0 bridgehead atoms. The predicted molar refractivity (Wildman–Crippen MR) is 112 cm³/mol. The Morgan fingerprint density at radius 1 is 1.11 bits per heavy atom. The number of nitrogens with zero attached hydrogens (tertiary/aromatic N) is 4. The van der Waals surface area contributed by atoms with Gasteiger partial charge < -0.3 is 9.80 Å². The van der Waals surface area contributed by atoms with Gasteiger partial charge in [-0.05, 0) is 36.1 Å². The van der Waals surface area contributed by atoms with Crippen molar-refractivity contribution < 1.29 is 4.79 Å². The van der Waals surface area contributed by atoms with Gasteiger partial charge in [0.1, 0.15) is 5.02 Å². The van der Waals surface area contributed by atoms with E-state index in [1.165, 1.54) is 16.0 Å². The Kier molecular flexibility index (Phi) is 5.19. The number of amides is 1. The molecule has 0 aliphatic carbocycles. The van der Waals surface area contributed by atoms with E-state index in [1.807, 2.05) is 46.4 Å². The zero-order valence-electron chi connectivity index (χ0n) is 15.3. The van der Waals surface area contributed by atoms with E-state index in [9.17, 15) is 9.59 Å². The van der Waals surface area contributed by atoms with Gasteiger partial charge in [0.2, 0.25) is 0 Å². The second-order valence-electron chi connectivity index (χ2n) is 6.61. The van der Waals surface area contributed by atoms with Crippen molar-refractivity contribution in [3.8, 4) is 5.69 Å². The van der Waals surface area contributed by atoms with E-state index < -0.39 is 0 Å². The number of anilines is 1. The number of thiophene rings is 1. The van der Waals surface area contributed by atoms with Crippen molar-refractivity contribution in [1.82, 2.24) is 14.7 Å². The highest BCUT2D eigenvalue weighted by Gasteiger charge is 2.26. The largest absolute Gasteiger partial charge is 0.365 e. The molecule has 4 rings (SSSR count). The number of carbonyl (C=O) groups excluding carboxylic acids is 1. The first kappa shape index (κ1) is 18.7. The van der Waals surface area contributed by atoms with Crippen molar-refractivity contribution in [3.63, 3.8) is 0 Å². The maximum absolute atomic E-state index is 12.7. The highest BCUT2D eigenvalue weighted by Crippen LogP contribution is 2.24. The van der Waals surface area contributed by atoms with Crippen LogP contribution in [-0.2, 0) is 0 Å². The van der Waals surface area contributed by atoms with Crippen molar-refractivity contribution in [1.29, 1.82) is 0 Å². The van der Waals surface area contributed by atoms with Gasteiger partial charge in [-0.25, -0.2) is 0 Å². The van der Waals surface area contributed by atoms with E-state index in [0.29, 0.717) is 37.6 Å². The van der Waals surface area contributed by atoms with Gasteiger partial charge in [-0.15, -0.1) is 11.3 Å². The number of para-hydroxylation sites is 1. The lowest BCUT2D eigenvalue weighted by Crippen LogP contribution is -2.49. The summed E-state index contributed by atoms with van der Waals surface area (Å²) in [7, 11) is 0. The predicted octanol–water partition coefficient (Wildman–Crippen LogP) is 3.22. The summed E-state index contributed by atoms with van der Waals surface area (Å²) in [6, 6.07) is 11.1. The summed E-state index contributed by atoms with van der Waals surface area (Å²) < 4.78 is 1.30. The number of aryl methyl sites for hydroxylation is 1. The van der Waals surface area contributed by atoms with Crippen molar-refractivity contribution >= 4 is 34.5 Å². The van der Waals surface area contributed by atoms with E-state index >= 15 is 0 Å². The van der Waals surface area contributed by atoms with Gasteiger partial charge in [-0.2, -0.15) is 9.78 Å². The number of carbonyl (C=O) groups is 1. The maximum atomic E-state index is 12.7. The van der Waals surface area contributed by atoms with Gasteiger partial charge in [-0.1, -0.05) is 29.8 Å². The fourth-order valence-electron chi connectivity index (χ4n) is 3.28. The van der Waals surface area contributed by atoms with Crippen LogP contribution in [0.2, 0.25) is 5.02 Å². The number of piperazine rings is 1. The molecule has 3 heterocycles. The van der Waals surface area contributed by atoms with Crippen LogP contribution in [0.15, 0.2) is 52.8 Å². The van der Waals surface area contributed by atoms with Gasteiger partial charge in [0.25, 0.3) is 11.5 Å². The SMILES string of the molecule is Cc1ccsc1C(=O)N1CCN(c2cnn(-c3ccccc3)c(=O)c2Cl)CC1. The van der Waals surface area contributed by atoms with Gasteiger partial charge >= 0.3 is 0 Å².